The molecule has 0 radical (unpaired) electrons. The van der Waals surface area contributed by atoms with Crippen LogP contribution in [-0.2, 0) is 9.53 Å². The highest BCUT2D eigenvalue weighted by molar-refractivity contribution is 5.78. The summed E-state index contributed by atoms with van der Waals surface area (Å²) in [4.78, 5) is 14.1. The third-order valence-corrected chi connectivity index (χ3v) is 3.63. The molecule has 20 heavy (non-hydrogen) atoms. The van der Waals surface area contributed by atoms with Gasteiger partial charge in [-0.2, -0.15) is 0 Å². The molecule has 1 saturated heterocycles. The lowest BCUT2D eigenvalue weighted by Crippen LogP contribution is -2.44. The average molecular weight is 284 g/mol. The zero-order valence-electron chi connectivity index (χ0n) is 13.7. The van der Waals surface area contributed by atoms with E-state index in [1.165, 1.54) is 19.3 Å². The second kappa shape index (κ2) is 9.35. The first-order valence-corrected chi connectivity index (χ1v) is 8.10. The fourth-order valence-electron chi connectivity index (χ4n) is 2.79. The van der Waals surface area contributed by atoms with Gasteiger partial charge in [-0.05, 0) is 65.8 Å². The Morgan fingerprint density at radius 1 is 1.35 bits per heavy atom. The molecule has 0 aromatic heterocycles. The molecule has 1 atom stereocenters. The molecule has 0 aromatic rings. The van der Waals surface area contributed by atoms with Crippen LogP contribution < -0.4 is 5.32 Å². The predicted octanol–water partition coefficient (Wildman–Crippen LogP) is 2.43. The number of carbonyl (C=O) groups is 1. The molecule has 1 heterocycles. The first kappa shape index (κ1) is 17.4. The summed E-state index contributed by atoms with van der Waals surface area (Å²) >= 11 is 0. The normalized spacial score (nSPS) is 20.6. The number of ether oxygens (including phenoxy) is 1. The van der Waals surface area contributed by atoms with Crippen molar-refractivity contribution in [3.63, 3.8) is 0 Å². The first-order chi connectivity index (χ1) is 9.47. The molecule has 0 saturated carbocycles. The lowest BCUT2D eigenvalue weighted by Gasteiger charge is -2.32. The molecular formula is C16H32N2O2. The van der Waals surface area contributed by atoms with E-state index in [4.69, 9.17) is 4.74 Å². The van der Waals surface area contributed by atoms with Crippen LogP contribution in [-0.4, -0.2) is 49.2 Å². The molecule has 0 spiro atoms. The molecular weight excluding hydrogens is 252 g/mol. The van der Waals surface area contributed by atoms with Gasteiger partial charge in [0.25, 0.3) is 0 Å². The van der Waals surface area contributed by atoms with Gasteiger partial charge in [0, 0.05) is 19.2 Å². The van der Waals surface area contributed by atoms with Crippen LogP contribution in [0.3, 0.4) is 0 Å². The molecule has 1 aliphatic heterocycles. The zero-order valence-corrected chi connectivity index (χ0v) is 13.7. The summed E-state index contributed by atoms with van der Waals surface area (Å²) in [6.07, 6.45) is 5.19. The van der Waals surface area contributed by atoms with Gasteiger partial charge in [0.05, 0.1) is 12.6 Å². The highest BCUT2D eigenvalue weighted by Gasteiger charge is 2.21. The fourth-order valence-corrected chi connectivity index (χ4v) is 2.79. The molecule has 4 nitrogen and oxygen atoms in total. The van der Waals surface area contributed by atoms with E-state index in [1.54, 1.807) is 0 Å². The monoisotopic (exact) mass is 284 g/mol. The zero-order chi connectivity index (χ0) is 15.0. The van der Waals surface area contributed by atoms with Gasteiger partial charge in [-0.15, -0.1) is 0 Å². The van der Waals surface area contributed by atoms with E-state index in [0.717, 1.165) is 32.0 Å². The number of carbonyl (C=O) groups excluding carboxylic acids is 1. The maximum Gasteiger partial charge on any atom is 0.234 e. The minimum Gasteiger partial charge on any atom is -0.379 e. The molecule has 118 valence electrons. The minimum absolute atomic E-state index is 0.156. The van der Waals surface area contributed by atoms with Crippen LogP contribution >= 0.6 is 0 Å². The number of nitrogens with zero attached hydrogens (tertiary/aromatic N) is 1. The van der Waals surface area contributed by atoms with Crippen molar-refractivity contribution in [2.45, 2.75) is 65.5 Å². The number of hydrogen-bond acceptors (Lipinski definition) is 3. The van der Waals surface area contributed by atoms with Crippen LogP contribution in [0.5, 0.6) is 0 Å². The molecule has 1 fully saturated rings. The van der Waals surface area contributed by atoms with Crippen molar-refractivity contribution in [2.75, 3.05) is 26.2 Å². The maximum atomic E-state index is 11.8. The summed E-state index contributed by atoms with van der Waals surface area (Å²) in [5.41, 5.74) is 0. The average Bonchev–Trinajstić information content (AvgIpc) is 2.33. The highest BCUT2D eigenvalue weighted by Crippen LogP contribution is 2.20. The Morgan fingerprint density at radius 3 is 2.75 bits per heavy atom. The third-order valence-electron chi connectivity index (χ3n) is 3.63. The molecule has 1 N–H and O–H groups in total. The van der Waals surface area contributed by atoms with Crippen molar-refractivity contribution in [3.8, 4) is 0 Å². The van der Waals surface area contributed by atoms with Crippen LogP contribution in [0.2, 0.25) is 0 Å². The Morgan fingerprint density at radius 2 is 2.10 bits per heavy atom. The van der Waals surface area contributed by atoms with Crippen molar-refractivity contribution in [1.82, 2.24) is 10.2 Å². The van der Waals surface area contributed by atoms with E-state index >= 15 is 0 Å². The molecule has 1 unspecified atom stereocenters. The Hall–Kier alpha value is -0.610. The molecule has 4 heteroatoms. The quantitative estimate of drug-likeness (QED) is 0.696. The van der Waals surface area contributed by atoms with Crippen molar-refractivity contribution in [2.24, 2.45) is 5.92 Å². The number of hydrogen-bond donors (Lipinski definition) is 1. The Labute approximate surface area is 124 Å². The number of nitrogens with one attached hydrogen (secondary N) is 1. The van der Waals surface area contributed by atoms with Gasteiger partial charge < -0.3 is 10.1 Å². The van der Waals surface area contributed by atoms with Crippen LogP contribution in [0.4, 0.5) is 0 Å². The third kappa shape index (κ3) is 7.85. The predicted molar refractivity (Wildman–Crippen MR) is 82.8 cm³/mol. The summed E-state index contributed by atoms with van der Waals surface area (Å²) < 4.78 is 5.59. The van der Waals surface area contributed by atoms with Gasteiger partial charge >= 0.3 is 0 Å². The van der Waals surface area contributed by atoms with E-state index in [2.05, 4.69) is 24.1 Å². The van der Waals surface area contributed by atoms with Crippen molar-refractivity contribution < 1.29 is 9.53 Å². The maximum absolute atomic E-state index is 11.8. The first-order valence-electron chi connectivity index (χ1n) is 8.10. The van der Waals surface area contributed by atoms with Crippen LogP contribution in [0.15, 0.2) is 0 Å². The van der Waals surface area contributed by atoms with Crippen LogP contribution in [0.1, 0.15) is 53.4 Å². The van der Waals surface area contributed by atoms with Crippen molar-refractivity contribution in [3.05, 3.63) is 0 Å². The Balaban J connectivity index is 2.19. The lowest BCUT2D eigenvalue weighted by molar-refractivity contribution is -0.123. The molecule has 0 bridgehead atoms. The SMILES string of the molecule is CC(C)NC(=O)CN1CCCC(CCCOC(C)C)C1. The molecule has 1 aliphatic rings. The van der Waals surface area contributed by atoms with Gasteiger partial charge in [-0.3, -0.25) is 9.69 Å². The molecule has 0 aromatic carbocycles. The summed E-state index contributed by atoms with van der Waals surface area (Å²) in [6.45, 7) is 11.7. The van der Waals surface area contributed by atoms with Crippen LogP contribution in [0, 0.1) is 5.92 Å². The van der Waals surface area contributed by atoms with Gasteiger partial charge in [0.15, 0.2) is 0 Å². The largest absolute Gasteiger partial charge is 0.379 e. The second-order valence-corrected chi connectivity index (χ2v) is 6.53. The van der Waals surface area contributed by atoms with Gasteiger partial charge in [-0.25, -0.2) is 0 Å². The Bertz CT molecular complexity index is 280. The summed E-state index contributed by atoms with van der Waals surface area (Å²) in [7, 11) is 0. The van der Waals surface area contributed by atoms with Crippen molar-refractivity contribution >= 4 is 5.91 Å². The summed E-state index contributed by atoms with van der Waals surface area (Å²) in [5, 5.41) is 2.97. The van der Waals surface area contributed by atoms with E-state index in [1.807, 2.05) is 13.8 Å². The number of rotatable bonds is 8. The number of likely N-dealkylation sites (tertiary alicyclic amines) is 1. The lowest BCUT2D eigenvalue weighted by atomic mass is 9.93. The topological polar surface area (TPSA) is 41.6 Å². The standard InChI is InChI=1S/C16H32N2O2/c1-13(2)17-16(19)12-18-9-5-7-15(11-18)8-6-10-20-14(3)4/h13-15H,5-12H2,1-4H3,(H,17,19). The van der Waals surface area contributed by atoms with E-state index in [9.17, 15) is 4.79 Å². The fraction of sp³-hybridized carbons (Fsp3) is 0.938. The molecule has 1 amide bonds. The van der Waals surface area contributed by atoms with E-state index < -0.39 is 0 Å². The Kier molecular flexibility index (Phi) is 8.15. The smallest absolute Gasteiger partial charge is 0.234 e. The van der Waals surface area contributed by atoms with Crippen molar-refractivity contribution in [1.29, 1.82) is 0 Å². The van der Waals surface area contributed by atoms with E-state index in [0.29, 0.717) is 12.6 Å². The van der Waals surface area contributed by atoms with E-state index in [-0.39, 0.29) is 11.9 Å². The summed E-state index contributed by atoms with van der Waals surface area (Å²) in [6, 6.07) is 0.233. The van der Waals surface area contributed by atoms with Gasteiger partial charge in [0.2, 0.25) is 5.91 Å². The van der Waals surface area contributed by atoms with Crippen LogP contribution in [0.25, 0.3) is 0 Å². The van der Waals surface area contributed by atoms with Gasteiger partial charge in [0.1, 0.15) is 0 Å². The number of piperidine rings is 1. The van der Waals surface area contributed by atoms with Gasteiger partial charge in [-0.1, -0.05) is 0 Å². The summed E-state index contributed by atoms with van der Waals surface area (Å²) in [5.74, 6) is 0.884. The molecule has 0 aliphatic carbocycles. The second-order valence-electron chi connectivity index (χ2n) is 6.53. The minimum atomic E-state index is 0.156. The number of amides is 1. The highest BCUT2D eigenvalue weighted by atomic mass is 16.5. The molecule has 1 rings (SSSR count).